The maximum Gasteiger partial charge on any atom is 0.130 e. The molecular formula is C13H16F2N2. The van der Waals surface area contributed by atoms with Crippen molar-refractivity contribution in [2.75, 3.05) is 6.54 Å². The lowest BCUT2D eigenvalue weighted by molar-refractivity contribution is 0.408. The van der Waals surface area contributed by atoms with E-state index in [1.165, 1.54) is 12.1 Å². The number of benzene rings is 1. The largest absolute Gasteiger partial charge is 0.309 e. The van der Waals surface area contributed by atoms with Gasteiger partial charge in [-0.15, -0.1) is 0 Å². The van der Waals surface area contributed by atoms with Crippen molar-refractivity contribution >= 4 is 0 Å². The first-order valence-corrected chi connectivity index (χ1v) is 5.45. The number of hydrogen-bond acceptors (Lipinski definition) is 2. The van der Waals surface area contributed by atoms with Crippen LogP contribution < -0.4 is 5.32 Å². The molecular weight excluding hydrogens is 222 g/mol. The van der Waals surface area contributed by atoms with Crippen LogP contribution >= 0.6 is 0 Å². The van der Waals surface area contributed by atoms with Crippen LogP contribution in [-0.2, 0) is 0 Å². The topological polar surface area (TPSA) is 35.8 Å². The Morgan fingerprint density at radius 2 is 2.06 bits per heavy atom. The molecule has 0 amide bonds. The Bertz CT molecular complexity index is 436. The van der Waals surface area contributed by atoms with Gasteiger partial charge in [-0.3, -0.25) is 0 Å². The van der Waals surface area contributed by atoms with Gasteiger partial charge in [0.25, 0.3) is 0 Å². The van der Waals surface area contributed by atoms with E-state index >= 15 is 0 Å². The minimum Gasteiger partial charge on any atom is -0.309 e. The van der Waals surface area contributed by atoms with E-state index in [1.54, 1.807) is 20.8 Å². The zero-order chi connectivity index (χ0) is 13.1. The van der Waals surface area contributed by atoms with Gasteiger partial charge in [-0.1, -0.05) is 6.07 Å². The normalized spacial score (nSPS) is 13.2. The molecule has 92 valence electrons. The van der Waals surface area contributed by atoms with E-state index in [-0.39, 0.29) is 6.04 Å². The minimum absolute atomic E-state index is 0.261. The highest BCUT2D eigenvalue weighted by Crippen LogP contribution is 2.19. The summed E-state index contributed by atoms with van der Waals surface area (Å²) in [6.45, 7) is 5.83. The SMILES string of the molecule is CC(NCC(C)(C)C#N)c1ccc(F)cc1F. The third-order valence-corrected chi connectivity index (χ3v) is 2.58. The fraction of sp³-hybridized carbons (Fsp3) is 0.462. The first-order valence-electron chi connectivity index (χ1n) is 5.45. The highest BCUT2D eigenvalue weighted by atomic mass is 19.1. The molecule has 17 heavy (non-hydrogen) atoms. The minimum atomic E-state index is -0.587. The molecule has 0 aliphatic carbocycles. The summed E-state index contributed by atoms with van der Waals surface area (Å²) in [5.74, 6) is -1.16. The lowest BCUT2D eigenvalue weighted by atomic mass is 9.95. The Morgan fingerprint density at radius 1 is 1.41 bits per heavy atom. The van der Waals surface area contributed by atoms with Gasteiger partial charge >= 0.3 is 0 Å². The number of nitriles is 1. The van der Waals surface area contributed by atoms with Gasteiger partial charge in [0.05, 0.1) is 11.5 Å². The van der Waals surface area contributed by atoms with E-state index < -0.39 is 17.0 Å². The Balaban J connectivity index is 2.71. The maximum absolute atomic E-state index is 13.5. The summed E-state index contributed by atoms with van der Waals surface area (Å²) >= 11 is 0. The number of halogens is 2. The summed E-state index contributed by atoms with van der Waals surface area (Å²) < 4.78 is 26.2. The fourth-order valence-electron chi connectivity index (χ4n) is 1.41. The number of rotatable bonds is 4. The zero-order valence-corrected chi connectivity index (χ0v) is 10.2. The Labute approximate surface area is 100 Å². The second-order valence-corrected chi connectivity index (χ2v) is 4.76. The molecule has 1 rings (SSSR count). The standard InChI is InChI=1S/C13H16F2N2/c1-9(17-8-13(2,3)7-16)11-5-4-10(14)6-12(11)15/h4-6,9,17H,8H2,1-3H3. The van der Waals surface area contributed by atoms with Crippen LogP contribution in [0.5, 0.6) is 0 Å². The van der Waals surface area contributed by atoms with Crippen molar-refractivity contribution in [1.29, 1.82) is 5.26 Å². The van der Waals surface area contributed by atoms with Gasteiger partial charge in [0.1, 0.15) is 11.6 Å². The third-order valence-electron chi connectivity index (χ3n) is 2.58. The molecule has 0 aromatic heterocycles. The molecule has 0 heterocycles. The summed E-state index contributed by atoms with van der Waals surface area (Å²) in [7, 11) is 0. The van der Waals surface area contributed by atoms with E-state index in [2.05, 4.69) is 11.4 Å². The van der Waals surface area contributed by atoms with Crippen molar-refractivity contribution in [1.82, 2.24) is 5.32 Å². The number of nitrogens with zero attached hydrogens (tertiary/aromatic N) is 1. The van der Waals surface area contributed by atoms with Crippen molar-refractivity contribution < 1.29 is 8.78 Å². The monoisotopic (exact) mass is 238 g/mol. The average Bonchev–Trinajstić information content (AvgIpc) is 2.26. The van der Waals surface area contributed by atoms with Crippen molar-refractivity contribution in [3.8, 4) is 6.07 Å². The van der Waals surface area contributed by atoms with Gasteiger partial charge in [0.2, 0.25) is 0 Å². The van der Waals surface area contributed by atoms with Crippen LogP contribution in [0.3, 0.4) is 0 Å². The molecule has 0 saturated heterocycles. The molecule has 0 fully saturated rings. The molecule has 0 radical (unpaired) electrons. The molecule has 0 spiro atoms. The molecule has 2 nitrogen and oxygen atoms in total. The molecule has 1 N–H and O–H groups in total. The summed E-state index contributed by atoms with van der Waals surface area (Å²) in [6.07, 6.45) is 0. The highest BCUT2D eigenvalue weighted by molar-refractivity contribution is 5.21. The van der Waals surface area contributed by atoms with E-state index in [0.29, 0.717) is 12.1 Å². The van der Waals surface area contributed by atoms with Crippen LogP contribution in [0.4, 0.5) is 8.78 Å². The van der Waals surface area contributed by atoms with E-state index in [9.17, 15) is 8.78 Å². The highest BCUT2D eigenvalue weighted by Gasteiger charge is 2.19. The van der Waals surface area contributed by atoms with Crippen LogP contribution in [0.25, 0.3) is 0 Å². The van der Waals surface area contributed by atoms with E-state index in [1.807, 2.05) is 0 Å². The summed E-state index contributed by atoms with van der Waals surface area (Å²) in [6, 6.07) is 5.41. The van der Waals surface area contributed by atoms with Crippen LogP contribution in [0.15, 0.2) is 18.2 Å². The van der Waals surface area contributed by atoms with Gasteiger partial charge in [-0.2, -0.15) is 5.26 Å². The zero-order valence-electron chi connectivity index (χ0n) is 10.2. The molecule has 1 aromatic carbocycles. The van der Waals surface area contributed by atoms with E-state index in [0.717, 1.165) is 6.07 Å². The van der Waals surface area contributed by atoms with Crippen LogP contribution in [0, 0.1) is 28.4 Å². The molecule has 0 saturated carbocycles. The van der Waals surface area contributed by atoms with Crippen molar-refractivity contribution in [3.05, 3.63) is 35.4 Å². The van der Waals surface area contributed by atoms with Gasteiger partial charge < -0.3 is 5.32 Å². The Morgan fingerprint density at radius 3 is 2.59 bits per heavy atom. The molecule has 1 unspecified atom stereocenters. The molecule has 0 bridgehead atoms. The smallest absolute Gasteiger partial charge is 0.130 e. The Kier molecular flexibility index (Phi) is 4.19. The predicted molar refractivity (Wildman–Crippen MR) is 62.2 cm³/mol. The van der Waals surface area contributed by atoms with Crippen molar-refractivity contribution in [2.45, 2.75) is 26.8 Å². The first kappa shape index (κ1) is 13.6. The third kappa shape index (κ3) is 3.79. The molecule has 1 atom stereocenters. The number of nitrogens with one attached hydrogen (secondary N) is 1. The number of hydrogen-bond donors (Lipinski definition) is 1. The van der Waals surface area contributed by atoms with Crippen LogP contribution in [0.1, 0.15) is 32.4 Å². The summed E-state index contributed by atoms with van der Waals surface area (Å²) in [5.41, 5.74) is -0.106. The maximum atomic E-state index is 13.5. The van der Waals surface area contributed by atoms with Crippen molar-refractivity contribution in [3.63, 3.8) is 0 Å². The molecule has 0 aliphatic heterocycles. The molecule has 4 heteroatoms. The lowest BCUT2D eigenvalue weighted by Crippen LogP contribution is -2.30. The second kappa shape index (κ2) is 5.24. The molecule has 0 aliphatic rings. The fourth-order valence-corrected chi connectivity index (χ4v) is 1.41. The summed E-state index contributed by atoms with van der Waals surface area (Å²) in [5, 5.41) is 11.9. The quantitative estimate of drug-likeness (QED) is 0.874. The average molecular weight is 238 g/mol. The van der Waals surface area contributed by atoms with Gasteiger partial charge in [-0.25, -0.2) is 8.78 Å². The predicted octanol–water partition coefficient (Wildman–Crippen LogP) is 3.17. The van der Waals surface area contributed by atoms with Gasteiger partial charge in [0, 0.05) is 24.2 Å². The summed E-state index contributed by atoms with van der Waals surface area (Å²) in [4.78, 5) is 0. The lowest BCUT2D eigenvalue weighted by Gasteiger charge is -2.21. The second-order valence-electron chi connectivity index (χ2n) is 4.76. The van der Waals surface area contributed by atoms with Gasteiger partial charge in [0.15, 0.2) is 0 Å². The van der Waals surface area contributed by atoms with E-state index in [4.69, 9.17) is 5.26 Å². The van der Waals surface area contributed by atoms with Crippen molar-refractivity contribution in [2.24, 2.45) is 5.41 Å². The van der Waals surface area contributed by atoms with Crippen LogP contribution in [-0.4, -0.2) is 6.54 Å². The Hall–Kier alpha value is -1.47. The van der Waals surface area contributed by atoms with Gasteiger partial charge in [-0.05, 0) is 26.8 Å². The first-order chi connectivity index (χ1) is 7.85. The van der Waals surface area contributed by atoms with Crippen LogP contribution in [0.2, 0.25) is 0 Å². The molecule has 1 aromatic rings.